The van der Waals surface area contributed by atoms with Gasteiger partial charge in [-0.25, -0.2) is 0 Å². The van der Waals surface area contributed by atoms with Crippen molar-refractivity contribution in [1.29, 1.82) is 0 Å². The number of aliphatic hydroxyl groups is 2. The van der Waals surface area contributed by atoms with E-state index in [9.17, 15) is 19.8 Å². The number of ether oxygens (including phenoxy) is 1. The van der Waals surface area contributed by atoms with Crippen LogP contribution in [0, 0.1) is 11.8 Å². The van der Waals surface area contributed by atoms with E-state index in [2.05, 4.69) is 11.7 Å². The highest BCUT2D eigenvalue weighted by Gasteiger charge is 2.39. The first-order valence-corrected chi connectivity index (χ1v) is 10.1. The summed E-state index contributed by atoms with van der Waals surface area (Å²) in [5.74, 6) is -0.382. The molecule has 0 aromatic rings. The number of methoxy groups -OCH3 is 1. The normalized spacial score (nSPS) is 24.3. The Morgan fingerprint density at radius 1 is 1.23 bits per heavy atom. The molecule has 1 rings (SSSR count). The number of aliphatic hydroxyl groups excluding tert-OH is 2. The smallest absolute Gasteiger partial charge is 0.305 e. The molecule has 1 aliphatic rings. The van der Waals surface area contributed by atoms with E-state index < -0.39 is 12.2 Å². The zero-order valence-corrected chi connectivity index (χ0v) is 16.4. The average molecular weight is 369 g/mol. The van der Waals surface area contributed by atoms with Crippen molar-refractivity contribution in [3.63, 3.8) is 0 Å². The molecule has 0 aliphatic heterocycles. The predicted octanol–water partition coefficient (Wildman–Crippen LogP) is 3.56. The van der Waals surface area contributed by atoms with Gasteiger partial charge in [-0.3, -0.25) is 9.59 Å². The minimum Gasteiger partial charge on any atom is -0.469 e. The highest BCUT2D eigenvalue weighted by Crippen LogP contribution is 2.34. The summed E-state index contributed by atoms with van der Waals surface area (Å²) in [6.45, 7) is 2.13. The van der Waals surface area contributed by atoms with Crippen molar-refractivity contribution in [2.75, 3.05) is 7.11 Å². The lowest BCUT2D eigenvalue weighted by Gasteiger charge is -2.18. The van der Waals surface area contributed by atoms with Crippen molar-refractivity contribution >= 4 is 11.8 Å². The predicted molar refractivity (Wildman–Crippen MR) is 102 cm³/mol. The van der Waals surface area contributed by atoms with Crippen LogP contribution in [0.1, 0.15) is 77.6 Å². The van der Waals surface area contributed by atoms with Gasteiger partial charge in [0.25, 0.3) is 0 Å². The largest absolute Gasteiger partial charge is 0.469 e. The van der Waals surface area contributed by atoms with Gasteiger partial charge in [0.15, 0.2) is 0 Å². The van der Waals surface area contributed by atoms with E-state index in [0.717, 1.165) is 57.8 Å². The molecule has 0 spiro atoms. The standard InChI is InChI=1S/C21H36O5/c1-3-4-7-10-16(22)13-14-18-17(19(23)15-20(18)24)11-8-5-6-9-12-21(25)26-2/h13-14,16-18,20,22,24H,3-12,15H2,1-2H3/t16-,17-,18-,20-/m0/s1. The van der Waals surface area contributed by atoms with Crippen LogP contribution in [0.15, 0.2) is 12.2 Å². The molecule has 26 heavy (non-hydrogen) atoms. The first kappa shape index (κ1) is 22.8. The zero-order chi connectivity index (χ0) is 19.4. The molecule has 0 unspecified atom stereocenters. The minimum atomic E-state index is -0.633. The Kier molecular flexibility index (Phi) is 11.5. The minimum absolute atomic E-state index is 0.127. The van der Waals surface area contributed by atoms with Crippen molar-refractivity contribution in [2.45, 2.75) is 89.8 Å². The number of Topliss-reactive ketones (excluding diaryl/α,β-unsaturated/α-hetero) is 1. The fourth-order valence-corrected chi connectivity index (χ4v) is 3.64. The third-order valence-corrected chi connectivity index (χ3v) is 5.27. The number of carbonyl (C=O) groups is 2. The molecule has 5 heteroatoms. The fourth-order valence-electron chi connectivity index (χ4n) is 3.64. The van der Waals surface area contributed by atoms with Gasteiger partial charge < -0.3 is 14.9 Å². The number of unbranched alkanes of at least 4 members (excludes halogenated alkanes) is 5. The molecule has 0 aromatic carbocycles. The molecule has 0 heterocycles. The number of ketones is 1. The van der Waals surface area contributed by atoms with Crippen molar-refractivity contribution in [2.24, 2.45) is 11.8 Å². The Hall–Kier alpha value is -1.20. The summed E-state index contributed by atoms with van der Waals surface area (Å²) in [6, 6.07) is 0. The second-order valence-electron chi connectivity index (χ2n) is 7.40. The zero-order valence-electron chi connectivity index (χ0n) is 16.4. The fraction of sp³-hybridized carbons (Fsp3) is 0.810. The SMILES string of the molecule is CCCCC[C@H](O)C=C[C@H]1[C@H](CCCCCCC(=O)OC)C(=O)C[C@@H]1O. The Morgan fingerprint density at radius 3 is 2.65 bits per heavy atom. The first-order chi connectivity index (χ1) is 12.5. The summed E-state index contributed by atoms with van der Waals surface area (Å²) in [7, 11) is 1.40. The molecule has 1 aliphatic carbocycles. The molecule has 0 saturated heterocycles. The highest BCUT2D eigenvalue weighted by atomic mass is 16.5. The van der Waals surface area contributed by atoms with Crippen LogP contribution in [-0.4, -0.2) is 41.3 Å². The van der Waals surface area contributed by atoms with Crippen molar-refractivity contribution in [3.05, 3.63) is 12.2 Å². The van der Waals surface area contributed by atoms with Crippen molar-refractivity contribution < 1.29 is 24.5 Å². The number of esters is 1. The summed E-state index contributed by atoms with van der Waals surface area (Å²) in [4.78, 5) is 23.2. The van der Waals surface area contributed by atoms with Crippen LogP contribution >= 0.6 is 0 Å². The van der Waals surface area contributed by atoms with Crippen LogP contribution in [0.5, 0.6) is 0 Å². The lowest BCUT2D eigenvalue weighted by Crippen LogP contribution is -2.19. The van der Waals surface area contributed by atoms with E-state index in [1.54, 1.807) is 6.08 Å². The van der Waals surface area contributed by atoms with Gasteiger partial charge in [0.2, 0.25) is 0 Å². The lowest BCUT2D eigenvalue weighted by atomic mass is 9.88. The highest BCUT2D eigenvalue weighted by molar-refractivity contribution is 5.84. The molecular weight excluding hydrogens is 332 g/mol. The Balaban J connectivity index is 2.37. The molecule has 2 N–H and O–H groups in total. The van der Waals surface area contributed by atoms with Crippen LogP contribution < -0.4 is 0 Å². The molecule has 0 amide bonds. The summed E-state index contributed by atoms with van der Waals surface area (Å²) < 4.78 is 4.62. The Bertz CT molecular complexity index is 446. The molecule has 0 aromatic heterocycles. The van der Waals surface area contributed by atoms with E-state index in [-0.39, 0.29) is 30.0 Å². The summed E-state index contributed by atoms with van der Waals surface area (Å²) in [6.07, 6.45) is 11.5. The van der Waals surface area contributed by atoms with E-state index >= 15 is 0 Å². The summed E-state index contributed by atoms with van der Waals surface area (Å²) in [5.41, 5.74) is 0. The van der Waals surface area contributed by atoms with Gasteiger partial charge >= 0.3 is 5.97 Å². The van der Waals surface area contributed by atoms with Crippen molar-refractivity contribution in [1.82, 2.24) is 0 Å². The second kappa shape index (κ2) is 13.0. The van der Waals surface area contributed by atoms with Crippen LogP contribution in [0.4, 0.5) is 0 Å². The van der Waals surface area contributed by atoms with Crippen LogP contribution in [0.25, 0.3) is 0 Å². The molecule has 0 bridgehead atoms. The van der Waals surface area contributed by atoms with Crippen LogP contribution in [0.2, 0.25) is 0 Å². The molecule has 1 fully saturated rings. The van der Waals surface area contributed by atoms with E-state index in [0.29, 0.717) is 6.42 Å². The third kappa shape index (κ3) is 8.45. The van der Waals surface area contributed by atoms with E-state index in [1.807, 2.05) is 6.08 Å². The second-order valence-corrected chi connectivity index (χ2v) is 7.40. The summed E-state index contributed by atoms with van der Waals surface area (Å²) >= 11 is 0. The first-order valence-electron chi connectivity index (χ1n) is 10.1. The van der Waals surface area contributed by atoms with Crippen molar-refractivity contribution in [3.8, 4) is 0 Å². The lowest BCUT2D eigenvalue weighted by molar-refractivity contribution is -0.140. The topological polar surface area (TPSA) is 83.8 Å². The van der Waals surface area contributed by atoms with Gasteiger partial charge in [-0.1, -0.05) is 57.6 Å². The van der Waals surface area contributed by atoms with Gasteiger partial charge in [-0.05, 0) is 19.3 Å². The van der Waals surface area contributed by atoms with Crippen LogP contribution in [0.3, 0.4) is 0 Å². The third-order valence-electron chi connectivity index (χ3n) is 5.27. The number of hydrogen-bond donors (Lipinski definition) is 2. The Morgan fingerprint density at radius 2 is 1.96 bits per heavy atom. The Labute approximate surface area is 157 Å². The van der Waals surface area contributed by atoms with Gasteiger partial charge in [0.1, 0.15) is 5.78 Å². The molecule has 1 saturated carbocycles. The maximum Gasteiger partial charge on any atom is 0.305 e. The quantitative estimate of drug-likeness (QED) is 0.295. The molecular formula is C21H36O5. The van der Waals surface area contributed by atoms with E-state index in [4.69, 9.17) is 0 Å². The molecule has 5 nitrogen and oxygen atoms in total. The molecule has 0 radical (unpaired) electrons. The summed E-state index contributed by atoms with van der Waals surface area (Å²) in [5, 5.41) is 20.2. The van der Waals surface area contributed by atoms with Crippen LogP contribution in [-0.2, 0) is 14.3 Å². The van der Waals surface area contributed by atoms with Gasteiger partial charge in [0.05, 0.1) is 19.3 Å². The van der Waals surface area contributed by atoms with Gasteiger partial charge in [0, 0.05) is 24.7 Å². The maximum absolute atomic E-state index is 12.2. The average Bonchev–Trinajstić information content (AvgIpc) is 2.89. The van der Waals surface area contributed by atoms with E-state index in [1.165, 1.54) is 7.11 Å². The monoisotopic (exact) mass is 368 g/mol. The maximum atomic E-state index is 12.2. The number of hydrogen-bond acceptors (Lipinski definition) is 5. The molecule has 4 atom stereocenters. The van der Waals surface area contributed by atoms with Gasteiger partial charge in [-0.2, -0.15) is 0 Å². The number of rotatable bonds is 13. The van der Waals surface area contributed by atoms with Gasteiger partial charge in [-0.15, -0.1) is 0 Å². The molecule has 150 valence electrons. The number of carbonyl (C=O) groups excluding carboxylic acids is 2.